The predicted molar refractivity (Wildman–Crippen MR) is 20.0 cm³/mol. The van der Waals surface area contributed by atoms with E-state index in [1.807, 2.05) is 0 Å². The quantitative estimate of drug-likeness (QED) is 0.397. The number of rotatable bonds is 0. The van der Waals surface area contributed by atoms with Gasteiger partial charge in [-0.3, -0.25) is 0 Å². The molecule has 0 unspecified atom stereocenters. The average Bonchev–Trinajstić information content (AvgIpc) is 1.75. The summed E-state index contributed by atoms with van der Waals surface area (Å²) in [6.45, 7) is 0. The van der Waals surface area contributed by atoms with E-state index in [1.165, 1.54) is 12.8 Å². The van der Waals surface area contributed by atoms with Crippen LogP contribution < -0.4 is 0 Å². The molecule has 0 nitrogen and oxygen atoms in total. The van der Waals surface area contributed by atoms with Crippen molar-refractivity contribution in [2.45, 2.75) is 12.8 Å². The zero-order chi connectivity index (χ0) is 2.99. The number of hydrogen-bond donors (Lipinski definition) is 0. The van der Waals surface area contributed by atoms with Gasteiger partial charge in [0, 0.05) is 0 Å². The SMILES string of the molecule is [Se]=C1CC1. The molecule has 1 aliphatic rings. The zero-order valence-corrected chi connectivity index (χ0v) is 4.04. The van der Waals surface area contributed by atoms with E-state index < -0.39 is 0 Å². The molecule has 0 atom stereocenters. The van der Waals surface area contributed by atoms with Gasteiger partial charge in [-0.1, -0.05) is 0 Å². The summed E-state index contributed by atoms with van der Waals surface area (Å²) in [5.41, 5.74) is 0. The summed E-state index contributed by atoms with van der Waals surface area (Å²) in [5.74, 6) is 0. The topological polar surface area (TPSA) is 0 Å². The maximum absolute atomic E-state index is 2.93. The van der Waals surface area contributed by atoms with Crippen molar-refractivity contribution in [3.63, 3.8) is 0 Å². The summed E-state index contributed by atoms with van der Waals surface area (Å²) in [6, 6.07) is 0. The van der Waals surface area contributed by atoms with Crippen LogP contribution in [-0.2, 0) is 0 Å². The van der Waals surface area contributed by atoms with Gasteiger partial charge in [0.25, 0.3) is 0 Å². The van der Waals surface area contributed by atoms with Gasteiger partial charge in [-0.25, -0.2) is 0 Å². The average molecular weight is 119 g/mol. The second kappa shape index (κ2) is 0.666. The zero-order valence-electron chi connectivity index (χ0n) is 2.32. The Bertz CT molecular complexity index is 41.2. The molecule has 0 aromatic carbocycles. The fourth-order valence-corrected chi connectivity index (χ4v) is 0.265. The minimum atomic E-state index is 1.35. The molecule has 22 valence electrons. The molecular weight excluding hydrogens is 115 g/mol. The summed E-state index contributed by atoms with van der Waals surface area (Å²) in [5, 5.41) is 0. The van der Waals surface area contributed by atoms with Crippen molar-refractivity contribution < 1.29 is 0 Å². The summed E-state index contributed by atoms with van der Waals surface area (Å²) >= 11 is 2.93. The molecule has 0 heterocycles. The van der Waals surface area contributed by atoms with E-state index in [2.05, 4.69) is 15.6 Å². The molecule has 4 heavy (non-hydrogen) atoms. The molecule has 1 saturated carbocycles. The van der Waals surface area contributed by atoms with Gasteiger partial charge in [0.15, 0.2) is 0 Å². The van der Waals surface area contributed by atoms with Crippen LogP contribution in [0, 0.1) is 0 Å². The monoisotopic (exact) mass is 120 g/mol. The van der Waals surface area contributed by atoms with Gasteiger partial charge in [0.2, 0.25) is 0 Å². The Morgan fingerprint density at radius 2 is 1.75 bits per heavy atom. The molecule has 0 aromatic rings. The molecule has 0 bridgehead atoms. The first-order valence-electron chi connectivity index (χ1n) is 1.41. The Morgan fingerprint density at radius 3 is 1.75 bits per heavy atom. The van der Waals surface area contributed by atoms with Crippen LogP contribution in [0.1, 0.15) is 12.8 Å². The van der Waals surface area contributed by atoms with E-state index in [9.17, 15) is 0 Å². The van der Waals surface area contributed by atoms with Crippen molar-refractivity contribution in [3.8, 4) is 0 Å². The predicted octanol–water partition coefficient (Wildman–Crippen LogP) is 0.121. The summed E-state index contributed by atoms with van der Waals surface area (Å²) in [6.07, 6.45) is 2.69. The Kier molecular flexibility index (Phi) is 0.436. The van der Waals surface area contributed by atoms with Crippen LogP contribution in [0.25, 0.3) is 0 Å². The molecule has 0 amide bonds. The van der Waals surface area contributed by atoms with Crippen molar-refractivity contribution in [1.82, 2.24) is 0 Å². The van der Waals surface area contributed by atoms with Gasteiger partial charge >= 0.3 is 32.8 Å². The van der Waals surface area contributed by atoms with E-state index >= 15 is 0 Å². The fourth-order valence-electron chi connectivity index (χ4n) is 0.0510. The van der Waals surface area contributed by atoms with Crippen LogP contribution >= 0.6 is 0 Å². The molecule has 0 N–H and O–H groups in total. The second-order valence-corrected chi connectivity index (χ2v) is 2.25. The van der Waals surface area contributed by atoms with Crippen LogP contribution in [0.15, 0.2) is 0 Å². The third-order valence-electron chi connectivity index (χ3n) is 0.454. The van der Waals surface area contributed by atoms with Gasteiger partial charge in [0.05, 0.1) is 0 Å². The number of hydrogen-bond acceptors (Lipinski definition) is 0. The van der Waals surface area contributed by atoms with Gasteiger partial charge in [-0.15, -0.1) is 0 Å². The first-order chi connectivity index (χ1) is 1.89. The van der Waals surface area contributed by atoms with Crippen molar-refractivity contribution in [2.24, 2.45) is 0 Å². The molecule has 0 radical (unpaired) electrons. The maximum atomic E-state index is 2.93. The summed E-state index contributed by atoms with van der Waals surface area (Å²) < 4.78 is 1.54. The Labute approximate surface area is 33.6 Å². The van der Waals surface area contributed by atoms with E-state index in [0.29, 0.717) is 0 Å². The molecule has 0 saturated heterocycles. The minimum absolute atomic E-state index is 1.35. The summed E-state index contributed by atoms with van der Waals surface area (Å²) in [4.78, 5) is 0. The standard InChI is InChI=1S/C3H4Se/c4-3-1-2-3/h1-2H2. The van der Waals surface area contributed by atoms with E-state index in [0.717, 1.165) is 0 Å². The third-order valence-corrected chi connectivity index (χ3v) is 1.31. The molecule has 0 aromatic heterocycles. The van der Waals surface area contributed by atoms with Crippen LogP contribution in [0.3, 0.4) is 0 Å². The Morgan fingerprint density at radius 1 is 1.50 bits per heavy atom. The van der Waals surface area contributed by atoms with Crippen LogP contribution in [-0.4, -0.2) is 20.0 Å². The van der Waals surface area contributed by atoms with Crippen molar-refractivity contribution in [2.75, 3.05) is 0 Å². The molecular formula is C3H4Se. The van der Waals surface area contributed by atoms with Gasteiger partial charge in [-0.05, 0) is 0 Å². The first kappa shape index (κ1) is 2.62. The van der Waals surface area contributed by atoms with Gasteiger partial charge < -0.3 is 0 Å². The molecule has 1 rings (SSSR count). The molecule has 1 heteroatoms. The molecule has 1 fully saturated rings. The van der Waals surface area contributed by atoms with Crippen molar-refractivity contribution in [3.05, 3.63) is 0 Å². The second-order valence-electron chi connectivity index (χ2n) is 1.04. The molecule has 0 spiro atoms. The van der Waals surface area contributed by atoms with E-state index in [4.69, 9.17) is 0 Å². The van der Waals surface area contributed by atoms with E-state index in [-0.39, 0.29) is 0 Å². The molecule has 0 aliphatic heterocycles. The summed E-state index contributed by atoms with van der Waals surface area (Å²) in [7, 11) is 0. The van der Waals surface area contributed by atoms with Gasteiger partial charge in [0.1, 0.15) is 0 Å². The fraction of sp³-hybridized carbons (Fsp3) is 0.667. The Hall–Kier alpha value is 0.389. The third kappa shape index (κ3) is 0.402. The van der Waals surface area contributed by atoms with Crippen molar-refractivity contribution >= 4 is 20.0 Å². The Balaban J connectivity index is 2.60. The van der Waals surface area contributed by atoms with Crippen LogP contribution in [0.4, 0.5) is 0 Å². The van der Waals surface area contributed by atoms with Crippen molar-refractivity contribution in [1.29, 1.82) is 0 Å². The first-order valence-corrected chi connectivity index (χ1v) is 2.27. The van der Waals surface area contributed by atoms with Gasteiger partial charge in [-0.2, -0.15) is 0 Å². The van der Waals surface area contributed by atoms with E-state index in [1.54, 1.807) is 4.42 Å². The normalized spacial score (nSPS) is 21.5. The molecule has 1 aliphatic carbocycles. The van der Waals surface area contributed by atoms with Crippen LogP contribution in [0.5, 0.6) is 0 Å². The van der Waals surface area contributed by atoms with Crippen LogP contribution in [0.2, 0.25) is 0 Å².